The minimum Gasteiger partial charge on any atom is -0.481 e. The fourth-order valence-electron chi connectivity index (χ4n) is 2.96. The Kier molecular flexibility index (Phi) is 3.25. The fourth-order valence-corrected chi connectivity index (χ4v) is 2.96. The number of piperidine rings is 2. The van der Waals surface area contributed by atoms with Crippen molar-refractivity contribution in [2.45, 2.75) is 51.7 Å². The minimum atomic E-state index is -0.728. The Morgan fingerprint density at radius 2 is 1.94 bits per heavy atom. The van der Waals surface area contributed by atoms with Crippen molar-refractivity contribution in [2.24, 2.45) is 11.8 Å². The van der Waals surface area contributed by atoms with Gasteiger partial charge in [-0.25, -0.2) is 4.79 Å². The molecule has 5 nitrogen and oxygen atoms in total. The third-order valence-electron chi connectivity index (χ3n) is 3.78. The summed E-state index contributed by atoms with van der Waals surface area (Å²) in [4.78, 5) is 24.9. The molecule has 3 rings (SSSR count). The van der Waals surface area contributed by atoms with Gasteiger partial charge in [-0.2, -0.15) is 0 Å². The number of fused-ring (bicyclic) bond motifs is 3. The van der Waals surface area contributed by atoms with Gasteiger partial charge in [-0.15, -0.1) is 0 Å². The number of carbonyl (C=O) groups is 2. The fraction of sp³-hybridized carbons (Fsp3) is 0.846. The van der Waals surface area contributed by atoms with Crippen molar-refractivity contribution in [3.05, 3.63) is 0 Å². The molecular formula is C13H21NO4. The maximum absolute atomic E-state index is 12.0. The van der Waals surface area contributed by atoms with Crippen LogP contribution in [0.1, 0.15) is 40.0 Å². The van der Waals surface area contributed by atoms with E-state index in [-0.39, 0.29) is 24.0 Å². The molecule has 5 heteroatoms. The number of hydrogen-bond acceptors (Lipinski definition) is 3. The van der Waals surface area contributed by atoms with Gasteiger partial charge in [-0.05, 0) is 46.0 Å². The molecule has 2 saturated heterocycles. The van der Waals surface area contributed by atoms with Crippen LogP contribution in [0, 0.1) is 11.8 Å². The van der Waals surface area contributed by atoms with Crippen LogP contribution in [0.3, 0.4) is 0 Å². The van der Waals surface area contributed by atoms with Crippen LogP contribution < -0.4 is 0 Å². The molecule has 1 amide bonds. The molecule has 1 N–H and O–H groups in total. The number of carboxylic acid groups (broad SMARTS) is 1. The molecule has 1 saturated carbocycles. The standard InChI is InChI=1S/C13H21NO4/c1-13(2,3)18-12(17)14-7-8-4-5-9(14)6-10(8)11(15)16/h8-10H,4-7H2,1-3H3,(H,15,16)/t8-,9-,10?/m0/s1. The van der Waals surface area contributed by atoms with E-state index in [0.717, 1.165) is 12.8 Å². The average molecular weight is 255 g/mol. The van der Waals surface area contributed by atoms with Crippen LogP contribution in [0.4, 0.5) is 4.79 Å². The monoisotopic (exact) mass is 255 g/mol. The molecule has 3 fully saturated rings. The first-order valence-electron chi connectivity index (χ1n) is 6.50. The second-order valence-corrected chi connectivity index (χ2v) is 6.30. The summed E-state index contributed by atoms with van der Waals surface area (Å²) in [6.07, 6.45) is 2.06. The zero-order chi connectivity index (χ0) is 13.5. The molecule has 18 heavy (non-hydrogen) atoms. The SMILES string of the molecule is CC(C)(C)OC(=O)N1C[C@@H]2CC[C@H]1CC2C(=O)O. The molecule has 102 valence electrons. The summed E-state index contributed by atoms with van der Waals surface area (Å²) < 4.78 is 5.37. The van der Waals surface area contributed by atoms with Gasteiger partial charge < -0.3 is 14.7 Å². The van der Waals surface area contributed by atoms with E-state index in [1.54, 1.807) is 4.90 Å². The highest BCUT2D eigenvalue weighted by Gasteiger charge is 2.46. The van der Waals surface area contributed by atoms with Crippen LogP contribution in [0.2, 0.25) is 0 Å². The predicted molar refractivity (Wildman–Crippen MR) is 65.2 cm³/mol. The number of carbonyl (C=O) groups excluding carboxylic acids is 1. The molecule has 1 aliphatic carbocycles. The van der Waals surface area contributed by atoms with Crippen molar-refractivity contribution < 1.29 is 19.4 Å². The Morgan fingerprint density at radius 1 is 1.28 bits per heavy atom. The van der Waals surface area contributed by atoms with Crippen molar-refractivity contribution in [3.63, 3.8) is 0 Å². The summed E-state index contributed by atoms with van der Waals surface area (Å²) in [5.74, 6) is -0.934. The lowest BCUT2D eigenvalue weighted by atomic mass is 9.72. The van der Waals surface area contributed by atoms with Crippen molar-refractivity contribution >= 4 is 12.1 Å². The molecule has 0 aromatic carbocycles. The molecule has 0 aromatic heterocycles. The summed E-state index contributed by atoms with van der Waals surface area (Å²) in [6.45, 7) is 6.05. The number of hydrogen-bond donors (Lipinski definition) is 1. The van der Waals surface area contributed by atoms with Crippen LogP contribution in [0.25, 0.3) is 0 Å². The molecule has 0 radical (unpaired) electrons. The molecule has 2 bridgehead atoms. The molecule has 1 unspecified atom stereocenters. The summed E-state index contributed by atoms with van der Waals surface area (Å²) in [6, 6.07) is 0.0333. The molecular weight excluding hydrogens is 234 g/mol. The number of carboxylic acids is 1. The van der Waals surface area contributed by atoms with Gasteiger partial charge in [-0.1, -0.05) is 0 Å². The van der Waals surface area contributed by atoms with E-state index in [0.29, 0.717) is 13.0 Å². The zero-order valence-corrected chi connectivity index (χ0v) is 11.2. The van der Waals surface area contributed by atoms with E-state index in [2.05, 4.69) is 0 Å². The molecule has 0 spiro atoms. The minimum absolute atomic E-state index is 0.0333. The number of amides is 1. The first-order valence-corrected chi connectivity index (χ1v) is 6.50. The third-order valence-corrected chi connectivity index (χ3v) is 3.78. The smallest absolute Gasteiger partial charge is 0.410 e. The number of rotatable bonds is 1. The van der Waals surface area contributed by atoms with Gasteiger partial charge in [0, 0.05) is 12.6 Å². The topological polar surface area (TPSA) is 66.8 Å². The Labute approximate surface area is 107 Å². The van der Waals surface area contributed by atoms with E-state index in [9.17, 15) is 9.59 Å². The van der Waals surface area contributed by atoms with Crippen LogP contribution >= 0.6 is 0 Å². The first kappa shape index (κ1) is 13.2. The van der Waals surface area contributed by atoms with Gasteiger partial charge >= 0.3 is 12.1 Å². The predicted octanol–water partition coefficient (Wildman–Crippen LogP) is 2.11. The summed E-state index contributed by atoms with van der Waals surface area (Å²) in [7, 11) is 0. The van der Waals surface area contributed by atoms with Gasteiger partial charge in [0.1, 0.15) is 5.60 Å². The van der Waals surface area contributed by atoms with Crippen molar-refractivity contribution in [1.29, 1.82) is 0 Å². The lowest BCUT2D eigenvalue weighted by molar-refractivity contribution is -0.149. The average Bonchev–Trinajstić information content (AvgIpc) is 2.27. The van der Waals surface area contributed by atoms with Crippen LogP contribution in [-0.2, 0) is 9.53 Å². The van der Waals surface area contributed by atoms with E-state index in [1.807, 2.05) is 20.8 Å². The highest BCUT2D eigenvalue weighted by Crippen LogP contribution is 2.39. The lowest BCUT2D eigenvalue weighted by Gasteiger charge is -2.48. The van der Waals surface area contributed by atoms with Gasteiger partial charge in [0.15, 0.2) is 0 Å². The second kappa shape index (κ2) is 4.44. The quantitative estimate of drug-likeness (QED) is 0.779. The lowest BCUT2D eigenvalue weighted by Crippen LogP contribution is -2.56. The van der Waals surface area contributed by atoms with E-state index < -0.39 is 11.6 Å². The number of aliphatic carboxylic acids is 1. The molecule has 3 atom stereocenters. The molecule has 0 aromatic rings. The highest BCUT2D eigenvalue weighted by atomic mass is 16.6. The molecule has 3 aliphatic rings. The van der Waals surface area contributed by atoms with Crippen molar-refractivity contribution in [1.82, 2.24) is 4.90 Å². The van der Waals surface area contributed by atoms with Crippen molar-refractivity contribution in [3.8, 4) is 0 Å². The maximum Gasteiger partial charge on any atom is 0.410 e. The van der Waals surface area contributed by atoms with Crippen LogP contribution in [-0.4, -0.2) is 40.3 Å². The van der Waals surface area contributed by atoms with Gasteiger partial charge in [-0.3, -0.25) is 4.79 Å². The van der Waals surface area contributed by atoms with E-state index in [4.69, 9.17) is 9.84 Å². The number of ether oxygens (including phenoxy) is 1. The van der Waals surface area contributed by atoms with Gasteiger partial charge in [0.25, 0.3) is 0 Å². The van der Waals surface area contributed by atoms with E-state index in [1.165, 1.54) is 0 Å². The van der Waals surface area contributed by atoms with Crippen molar-refractivity contribution in [2.75, 3.05) is 6.54 Å². The highest BCUT2D eigenvalue weighted by molar-refractivity contribution is 5.73. The molecule has 2 aliphatic heterocycles. The third kappa shape index (κ3) is 2.60. The Bertz CT molecular complexity index is 360. The normalized spacial score (nSPS) is 31.3. The summed E-state index contributed by atoms with van der Waals surface area (Å²) in [5.41, 5.74) is -0.500. The Hall–Kier alpha value is -1.26. The maximum atomic E-state index is 12.0. The largest absolute Gasteiger partial charge is 0.481 e. The van der Waals surface area contributed by atoms with Gasteiger partial charge in [0.2, 0.25) is 0 Å². The summed E-state index contributed by atoms with van der Waals surface area (Å²) >= 11 is 0. The van der Waals surface area contributed by atoms with Gasteiger partial charge in [0.05, 0.1) is 5.92 Å². The zero-order valence-electron chi connectivity index (χ0n) is 11.2. The second-order valence-electron chi connectivity index (χ2n) is 6.30. The molecule has 2 heterocycles. The number of nitrogens with zero attached hydrogens (tertiary/aromatic N) is 1. The van der Waals surface area contributed by atoms with E-state index >= 15 is 0 Å². The summed E-state index contributed by atoms with van der Waals surface area (Å²) in [5, 5.41) is 9.14. The Morgan fingerprint density at radius 3 is 2.39 bits per heavy atom. The Balaban J connectivity index is 2.02. The first-order chi connectivity index (χ1) is 8.28. The van der Waals surface area contributed by atoms with Crippen LogP contribution in [0.15, 0.2) is 0 Å². The van der Waals surface area contributed by atoms with Crippen LogP contribution in [0.5, 0.6) is 0 Å².